The van der Waals surface area contributed by atoms with Crippen LogP contribution in [0.1, 0.15) is 26.3 Å². The van der Waals surface area contributed by atoms with Crippen LogP contribution < -0.4 is 10.2 Å². The maximum atomic E-state index is 6.46. The predicted octanol–water partition coefficient (Wildman–Crippen LogP) is 3.31. The van der Waals surface area contributed by atoms with Gasteiger partial charge in [0.1, 0.15) is 0 Å². The van der Waals surface area contributed by atoms with Crippen molar-refractivity contribution in [3.8, 4) is 0 Å². The van der Waals surface area contributed by atoms with Gasteiger partial charge < -0.3 is 15.0 Å². The minimum atomic E-state index is 0.368. The summed E-state index contributed by atoms with van der Waals surface area (Å²) >= 11 is 6.46. The highest BCUT2D eigenvalue weighted by molar-refractivity contribution is 6.33. The lowest BCUT2D eigenvalue weighted by molar-refractivity contribution is 0.0988. The SMILES string of the molecule is CC(C)CNCc1cccc(Cl)c1N1CCOCC1C. The molecule has 1 aliphatic heterocycles. The molecular weight excluding hydrogens is 272 g/mol. The summed E-state index contributed by atoms with van der Waals surface area (Å²) in [4.78, 5) is 2.37. The topological polar surface area (TPSA) is 24.5 Å². The van der Waals surface area contributed by atoms with E-state index in [-0.39, 0.29) is 0 Å². The molecule has 4 heteroatoms. The number of para-hydroxylation sites is 1. The Kier molecular flexibility index (Phi) is 5.70. The standard InChI is InChI=1S/C16H25ClN2O/c1-12(2)9-18-10-14-5-4-6-15(17)16(14)19-7-8-20-11-13(19)3/h4-6,12-13,18H,7-11H2,1-3H3. The van der Waals surface area contributed by atoms with E-state index in [2.05, 4.69) is 37.1 Å². The van der Waals surface area contributed by atoms with Gasteiger partial charge >= 0.3 is 0 Å². The van der Waals surface area contributed by atoms with Crippen molar-refractivity contribution in [2.45, 2.75) is 33.4 Å². The van der Waals surface area contributed by atoms with Crippen LogP contribution >= 0.6 is 11.6 Å². The molecule has 0 saturated carbocycles. The van der Waals surface area contributed by atoms with Crippen molar-refractivity contribution in [1.29, 1.82) is 0 Å². The van der Waals surface area contributed by atoms with Gasteiger partial charge in [-0.15, -0.1) is 0 Å². The molecule has 0 amide bonds. The molecule has 1 aromatic rings. The Labute approximate surface area is 127 Å². The molecule has 1 saturated heterocycles. The smallest absolute Gasteiger partial charge is 0.0668 e. The molecule has 20 heavy (non-hydrogen) atoms. The van der Waals surface area contributed by atoms with E-state index in [0.29, 0.717) is 12.0 Å². The molecule has 1 N–H and O–H groups in total. The largest absolute Gasteiger partial charge is 0.377 e. The van der Waals surface area contributed by atoms with E-state index in [1.165, 1.54) is 11.3 Å². The molecule has 3 nitrogen and oxygen atoms in total. The number of ether oxygens (including phenoxy) is 1. The van der Waals surface area contributed by atoms with Gasteiger partial charge in [0.2, 0.25) is 0 Å². The highest BCUT2D eigenvalue weighted by Crippen LogP contribution is 2.32. The Balaban J connectivity index is 2.17. The Morgan fingerprint density at radius 1 is 1.45 bits per heavy atom. The van der Waals surface area contributed by atoms with Crippen LogP contribution in [0.25, 0.3) is 0 Å². The first-order chi connectivity index (χ1) is 9.59. The third-order valence-electron chi connectivity index (χ3n) is 3.59. The summed E-state index contributed by atoms with van der Waals surface area (Å²) in [5.41, 5.74) is 2.44. The minimum absolute atomic E-state index is 0.368. The van der Waals surface area contributed by atoms with Crippen molar-refractivity contribution < 1.29 is 4.74 Å². The first kappa shape index (κ1) is 15.6. The van der Waals surface area contributed by atoms with Gasteiger partial charge in [-0.1, -0.05) is 37.6 Å². The van der Waals surface area contributed by atoms with Crippen LogP contribution in [0.15, 0.2) is 18.2 Å². The van der Waals surface area contributed by atoms with E-state index >= 15 is 0 Å². The average Bonchev–Trinajstić information content (AvgIpc) is 2.40. The zero-order chi connectivity index (χ0) is 14.5. The highest BCUT2D eigenvalue weighted by Gasteiger charge is 2.23. The average molecular weight is 297 g/mol. The molecule has 2 rings (SSSR count). The van der Waals surface area contributed by atoms with Crippen molar-refractivity contribution in [2.24, 2.45) is 5.92 Å². The number of morpholine rings is 1. The minimum Gasteiger partial charge on any atom is -0.377 e. The summed E-state index contributed by atoms with van der Waals surface area (Å²) in [6.07, 6.45) is 0. The molecule has 0 spiro atoms. The lowest BCUT2D eigenvalue weighted by atomic mass is 10.1. The third kappa shape index (κ3) is 3.87. The van der Waals surface area contributed by atoms with E-state index in [4.69, 9.17) is 16.3 Å². The molecule has 112 valence electrons. The fourth-order valence-corrected chi connectivity index (χ4v) is 2.88. The maximum absolute atomic E-state index is 6.46. The van der Waals surface area contributed by atoms with Crippen LogP contribution in [0.5, 0.6) is 0 Å². The van der Waals surface area contributed by atoms with Gasteiger partial charge in [-0.05, 0) is 31.0 Å². The fourth-order valence-electron chi connectivity index (χ4n) is 2.58. The van der Waals surface area contributed by atoms with Crippen LogP contribution in [-0.4, -0.2) is 32.3 Å². The second-order valence-corrected chi connectivity index (χ2v) is 6.30. The van der Waals surface area contributed by atoms with Crippen molar-refractivity contribution in [3.63, 3.8) is 0 Å². The van der Waals surface area contributed by atoms with Crippen molar-refractivity contribution >= 4 is 17.3 Å². The molecule has 1 atom stereocenters. The van der Waals surface area contributed by atoms with Crippen molar-refractivity contribution in [3.05, 3.63) is 28.8 Å². The van der Waals surface area contributed by atoms with E-state index in [1.54, 1.807) is 0 Å². The van der Waals surface area contributed by atoms with Gasteiger partial charge in [0.25, 0.3) is 0 Å². The van der Waals surface area contributed by atoms with Crippen LogP contribution in [0.3, 0.4) is 0 Å². The summed E-state index contributed by atoms with van der Waals surface area (Å²) in [6, 6.07) is 6.54. The van der Waals surface area contributed by atoms with Crippen molar-refractivity contribution in [2.75, 3.05) is 31.2 Å². The molecule has 0 bridgehead atoms. The summed E-state index contributed by atoms with van der Waals surface area (Å²) in [7, 11) is 0. The predicted molar refractivity (Wildman–Crippen MR) is 85.6 cm³/mol. The van der Waals surface area contributed by atoms with E-state index in [9.17, 15) is 0 Å². The summed E-state index contributed by atoms with van der Waals surface area (Å²) in [6.45, 7) is 10.9. The Morgan fingerprint density at radius 2 is 2.25 bits per heavy atom. The Bertz CT molecular complexity index is 436. The summed E-state index contributed by atoms with van der Waals surface area (Å²) in [5.74, 6) is 0.653. The number of rotatable bonds is 5. The van der Waals surface area contributed by atoms with Crippen LogP contribution in [0.2, 0.25) is 5.02 Å². The number of nitrogens with one attached hydrogen (secondary N) is 1. The lowest BCUT2D eigenvalue weighted by Gasteiger charge is -2.37. The molecule has 0 aromatic heterocycles. The molecule has 1 heterocycles. The molecule has 1 unspecified atom stereocenters. The van der Waals surface area contributed by atoms with Crippen LogP contribution in [-0.2, 0) is 11.3 Å². The molecular formula is C16H25ClN2O. The number of benzene rings is 1. The van der Waals surface area contributed by atoms with Gasteiger partial charge in [-0.3, -0.25) is 0 Å². The zero-order valence-corrected chi connectivity index (χ0v) is 13.4. The number of hydrogen-bond acceptors (Lipinski definition) is 3. The van der Waals surface area contributed by atoms with Gasteiger partial charge in [0.05, 0.1) is 23.9 Å². The zero-order valence-electron chi connectivity index (χ0n) is 12.7. The van der Waals surface area contributed by atoms with Gasteiger partial charge in [0.15, 0.2) is 0 Å². The second-order valence-electron chi connectivity index (χ2n) is 5.89. The Morgan fingerprint density at radius 3 is 2.95 bits per heavy atom. The quantitative estimate of drug-likeness (QED) is 0.902. The molecule has 1 aliphatic rings. The summed E-state index contributed by atoms with van der Waals surface area (Å²) < 4.78 is 5.53. The maximum Gasteiger partial charge on any atom is 0.0668 e. The van der Waals surface area contributed by atoms with E-state index in [0.717, 1.165) is 37.9 Å². The molecule has 1 fully saturated rings. The third-order valence-corrected chi connectivity index (χ3v) is 3.90. The van der Waals surface area contributed by atoms with Crippen LogP contribution in [0, 0.1) is 5.92 Å². The Hall–Kier alpha value is -0.770. The number of nitrogens with zero attached hydrogens (tertiary/aromatic N) is 1. The monoisotopic (exact) mass is 296 g/mol. The normalized spacial score (nSPS) is 19.6. The number of hydrogen-bond donors (Lipinski definition) is 1. The molecule has 0 aliphatic carbocycles. The second kappa shape index (κ2) is 7.30. The first-order valence-corrected chi connectivity index (χ1v) is 7.80. The summed E-state index contributed by atoms with van der Waals surface area (Å²) in [5, 5.41) is 4.34. The first-order valence-electron chi connectivity index (χ1n) is 7.42. The van der Waals surface area contributed by atoms with Crippen LogP contribution in [0.4, 0.5) is 5.69 Å². The number of halogens is 1. The van der Waals surface area contributed by atoms with Gasteiger partial charge in [0, 0.05) is 19.1 Å². The van der Waals surface area contributed by atoms with E-state index < -0.39 is 0 Å². The molecule has 0 radical (unpaired) electrons. The fraction of sp³-hybridized carbons (Fsp3) is 0.625. The van der Waals surface area contributed by atoms with Gasteiger partial charge in [-0.25, -0.2) is 0 Å². The lowest BCUT2D eigenvalue weighted by Crippen LogP contribution is -2.44. The number of anilines is 1. The highest BCUT2D eigenvalue weighted by atomic mass is 35.5. The molecule has 1 aromatic carbocycles. The van der Waals surface area contributed by atoms with Crippen molar-refractivity contribution in [1.82, 2.24) is 5.32 Å². The van der Waals surface area contributed by atoms with Gasteiger partial charge in [-0.2, -0.15) is 0 Å². The van der Waals surface area contributed by atoms with E-state index in [1.807, 2.05) is 12.1 Å².